The molecule has 1 saturated heterocycles. The van der Waals surface area contributed by atoms with E-state index in [9.17, 15) is 14.0 Å². The van der Waals surface area contributed by atoms with Gasteiger partial charge in [0.2, 0.25) is 11.8 Å². The Kier molecular flexibility index (Phi) is 4.84. The van der Waals surface area contributed by atoms with Crippen molar-refractivity contribution in [1.82, 2.24) is 15.2 Å². The van der Waals surface area contributed by atoms with E-state index in [-0.39, 0.29) is 36.5 Å². The van der Waals surface area contributed by atoms with Crippen LogP contribution in [-0.4, -0.2) is 34.3 Å². The molecule has 0 spiro atoms. The number of amides is 2. The van der Waals surface area contributed by atoms with Crippen LogP contribution in [0.5, 0.6) is 0 Å². The van der Waals surface area contributed by atoms with E-state index in [1.54, 1.807) is 35.4 Å². The summed E-state index contributed by atoms with van der Waals surface area (Å²) in [6, 6.07) is 11.3. The molecule has 1 aliphatic rings. The molecule has 1 aromatic heterocycles. The van der Waals surface area contributed by atoms with Crippen LogP contribution in [0.3, 0.4) is 0 Å². The minimum Gasteiger partial charge on any atom is -0.351 e. The number of carbonyl (C=O) groups is 2. The normalized spacial score (nSPS) is 17.1. The fraction of sp³-hybridized carbons (Fsp3) is 0.278. The lowest BCUT2D eigenvalue weighted by molar-refractivity contribution is -0.128. The molecular weight excluding hydrogens is 309 g/mol. The zero-order chi connectivity index (χ0) is 16.9. The number of likely N-dealkylation sites (tertiary alicyclic amines) is 1. The van der Waals surface area contributed by atoms with Crippen molar-refractivity contribution >= 4 is 11.8 Å². The Labute approximate surface area is 139 Å². The molecule has 1 atom stereocenters. The molecule has 0 aliphatic carbocycles. The first-order chi connectivity index (χ1) is 11.6. The monoisotopic (exact) mass is 327 g/mol. The lowest BCUT2D eigenvalue weighted by atomic mass is 10.2. The number of aromatic nitrogens is 1. The van der Waals surface area contributed by atoms with Crippen LogP contribution in [-0.2, 0) is 22.6 Å². The topological polar surface area (TPSA) is 62.3 Å². The van der Waals surface area contributed by atoms with Gasteiger partial charge in [0.1, 0.15) is 5.82 Å². The second kappa shape index (κ2) is 7.21. The molecule has 0 unspecified atom stereocenters. The van der Waals surface area contributed by atoms with Gasteiger partial charge in [-0.05, 0) is 29.8 Å². The van der Waals surface area contributed by atoms with Gasteiger partial charge in [0, 0.05) is 31.4 Å². The predicted octanol–water partition coefficient (Wildman–Crippen LogP) is 1.68. The molecule has 1 fully saturated rings. The Hall–Kier alpha value is -2.76. The first-order valence-corrected chi connectivity index (χ1v) is 7.81. The van der Waals surface area contributed by atoms with Crippen molar-refractivity contribution in [2.75, 3.05) is 6.54 Å². The molecule has 2 aromatic rings. The van der Waals surface area contributed by atoms with E-state index >= 15 is 0 Å². The molecule has 1 aromatic carbocycles. The Morgan fingerprint density at radius 3 is 2.75 bits per heavy atom. The lowest BCUT2D eigenvalue weighted by Gasteiger charge is -2.17. The highest BCUT2D eigenvalue weighted by Gasteiger charge is 2.30. The number of carbonyl (C=O) groups excluding carboxylic acids is 2. The zero-order valence-electron chi connectivity index (χ0n) is 13.1. The molecule has 6 heteroatoms. The maximum Gasteiger partial charge on any atom is 0.226 e. The van der Waals surface area contributed by atoms with Crippen LogP contribution in [0.2, 0.25) is 0 Å². The summed E-state index contributed by atoms with van der Waals surface area (Å²) in [6.45, 7) is 0.885. The Morgan fingerprint density at radius 1 is 1.25 bits per heavy atom. The van der Waals surface area contributed by atoms with Gasteiger partial charge in [-0.15, -0.1) is 0 Å². The second-order valence-corrected chi connectivity index (χ2v) is 5.87. The molecule has 1 N–H and O–H groups in total. The average molecular weight is 327 g/mol. The number of pyridine rings is 1. The highest BCUT2D eigenvalue weighted by Crippen LogP contribution is 2.15. The van der Waals surface area contributed by atoms with Crippen molar-refractivity contribution in [3.05, 3.63) is 65.7 Å². The molecule has 0 bridgehead atoms. The number of rotatable bonds is 5. The molecule has 24 heavy (non-hydrogen) atoms. The van der Waals surface area contributed by atoms with Crippen molar-refractivity contribution in [1.29, 1.82) is 0 Å². The fourth-order valence-electron chi connectivity index (χ4n) is 2.78. The Balaban J connectivity index is 1.52. The van der Waals surface area contributed by atoms with E-state index in [0.29, 0.717) is 18.8 Å². The van der Waals surface area contributed by atoms with Gasteiger partial charge >= 0.3 is 0 Å². The highest BCUT2D eigenvalue weighted by molar-refractivity contribution is 5.83. The maximum atomic E-state index is 12.9. The van der Waals surface area contributed by atoms with E-state index < -0.39 is 0 Å². The van der Waals surface area contributed by atoms with Crippen LogP contribution >= 0.6 is 0 Å². The van der Waals surface area contributed by atoms with E-state index in [1.165, 1.54) is 12.1 Å². The van der Waals surface area contributed by atoms with Crippen LogP contribution in [0.15, 0.2) is 48.7 Å². The minimum absolute atomic E-state index is 0.0116. The van der Waals surface area contributed by atoms with Gasteiger partial charge in [0.15, 0.2) is 0 Å². The van der Waals surface area contributed by atoms with E-state index in [2.05, 4.69) is 10.3 Å². The number of nitrogens with one attached hydrogen (secondary N) is 1. The maximum absolute atomic E-state index is 12.9. The third-order valence-electron chi connectivity index (χ3n) is 3.93. The van der Waals surface area contributed by atoms with Gasteiger partial charge in [0.25, 0.3) is 0 Å². The molecule has 3 rings (SSSR count). The fourth-order valence-corrected chi connectivity index (χ4v) is 2.78. The van der Waals surface area contributed by atoms with Crippen LogP contribution in [0, 0.1) is 5.82 Å². The number of benzene rings is 1. The summed E-state index contributed by atoms with van der Waals surface area (Å²) in [4.78, 5) is 29.9. The van der Waals surface area contributed by atoms with Gasteiger partial charge in [0.05, 0.1) is 12.5 Å². The molecule has 124 valence electrons. The molecule has 0 saturated carbocycles. The Bertz CT molecular complexity index is 719. The standard InChI is InChI=1S/C18H18FN3O2/c19-14-6-4-13(5-7-14)11-22-12-16(10-18(22)24)21-17(23)9-15-3-1-2-8-20-15/h1-8,16H,9-12H2,(H,21,23)/t16-/m0/s1. The average Bonchev–Trinajstić information content (AvgIpc) is 2.89. The van der Waals surface area contributed by atoms with Crippen LogP contribution in [0.1, 0.15) is 17.7 Å². The van der Waals surface area contributed by atoms with Crippen molar-refractivity contribution < 1.29 is 14.0 Å². The van der Waals surface area contributed by atoms with E-state index in [1.807, 2.05) is 6.07 Å². The summed E-state index contributed by atoms with van der Waals surface area (Å²) in [5, 5.41) is 2.88. The molecule has 0 radical (unpaired) electrons. The van der Waals surface area contributed by atoms with Crippen molar-refractivity contribution in [3.8, 4) is 0 Å². The molecular formula is C18H18FN3O2. The van der Waals surface area contributed by atoms with Gasteiger partial charge in [-0.2, -0.15) is 0 Å². The summed E-state index contributed by atoms with van der Waals surface area (Å²) in [5.74, 6) is -0.455. The van der Waals surface area contributed by atoms with Crippen molar-refractivity contribution in [2.45, 2.75) is 25.4 Å². The first-order valence-electron chi connectivity index (χ1n) is 7.81. The van der Waals surface area contributed by atoms with Gasteiger partial charge in [-0.3, -0.25) is 14.6 Å². The summed E-state index contributed by atoms with van der Waals surface area (Å²) in [7, 11) is 0. The van der Waals surface area contributed by atoms with Crippen LogP contribution in [0.25, 0.3) is 0 Å². The van der Waals surface area contributed by atoms with Crippen LogP contribution < -0.4 is 5.32 Å². The van der Waals surface area contributed by atoms with E-state index in [0.717, 1.165) is 5.56 Å². The van der Waals surface area contributed by atoms with E-state index in [4.69, 9.17) is 0 Å². The quantitative estimate of drug-likeness (QED) is 0.909. The highest BCUT2D eigenvalue weighted by atomic mass is 19.1. The number of hydrogen-bond acceptors (Lipinski definition) is 3. The molecule has 2 heterocycles. The third kappa shape index (κ3) is 4.16. The summed E-state index contributed by atoms with van der Waals surface area (Å²) < 4.78 is 12.9. The molecule has 5 nitrogen and oxygen atoms in total. The van der Waals surface area contributed by atoms with Gasteiger partial charge in [-0.25, -0.2) is 4.39 Å². The zero-order valence-corrected chi connectivity index (χ0v) is 13.1. The summed E-state index contributed by atoms with van der Waals surface area (Å²) >= 11 is 0. The summed E-state index contributed by atoms with van der Waals surface area (Å²) in [5.41, 5.74) is 1.56. The molecule has 1 aliphatic heterocycles. The van der Waals surface area contributed by atoms with Gasteiger partial charge in [-0.1, -0.05) is 18.2 Å². The first kappa shape index (κ1) is 16.1. The minimum atomic E-state index is -0.300. The van der Waals surface area contributed by atoms with Crippen molar-refractivity contribution in [2.24, 2.45) is 0 Å². The second-order valence-electron chi connectivity index (χ2n) is 5.87. The smallest absolute Gasteiger partial charge is 0.226 e. The number of hydrogen-bond donors (Lipinski definition) is 1. The largest absolute Gasteiger partial charge is 0.351 e. The number of halogens is 1. The number of nitrogens with zero attached hydrogens (tertiary/aromatic N) is 2. The summed E-state index contributed by atoms with van der Waals surface area (Å²) in [6.07, 6.45) is 2.13. The SMILES string of the molecule is O=C(Cc1ccccn1)N[C@H]1CC(=O)N(Cc2ccc(F)cc2)C1. The van der Waals surface area contributed by atoms with Gasteiger partial charge < -0.3 is 10.2 Å². The third-order valence-corrected chi connectivity index (χ3v) is 3.93. The van der Waals surface area contributed by atoms with Crippen LogP contribution in [0.4, 0.5) is 4.39 Å². The Morgan fingerprint density at radius 2 is 2.04 bits per heavy atom. The van der Waals surface area contributed by atoms with Crippen molar-refractivity contribution in [3.63, 3.8) is 0 Å². The molecule has 2 amide bonds. The predicted molar refractivity (Wildman–Crippen MR) is 86.3 cm³/mol. The lowest BCUT2D eigenvalue weighted by Crippen LogP contribution is -2.38.